The monoisotopic (exact) mass is 336 g/mol. The summed E-state index contributed by atoms with van der Waals surface area (Å²) < 4.78 is 0.666. The molecule has 0 saturated carbocycles. The van der Waals surface area contributed by atoms with Gasteiger partial charge in [0.05, 0.1) is 11.3 Å². The highest BCUT2D eigenvalue weighted by Gasteiger charge is 2.17. The number of amides is 1. The molecule has 0 radical (unpaired) electrons. The smallest absolute Gasteiger partial charge is 0.354 e. The van der Waals surface area contributed by atoms with Crippen LogP contribution in [-0.4, -0.2) is 22.0 Å². The van der Waals surface area contributed by atoms with E-state index in [1.165, 1.54) is 0 Å². The van der Waals surface area contributed by atoms with E-state index >= 15 is 0 Å². The molecular formula is C14H13BrN2O3. The number of rotatable bonds is 3. The maximum absolute atomic E-state index is 12.2. The number of aryl methyl sites for hydroxylation is 2. The minimum Gasteiger partial charge on any atom is -0.477 e. The molecule has 1 aromatic heterocycles. The summed E-state index contributed by atoms with van der Waals surface area (Å²) in [5.41, 5.74) is 2.37. The molecule has 0 aliphatic carbocycles. The van der Waals surface area contributed by atoms with Gasteiger partial charge in [0, 0.05) is 10.2 Å². The third-order valence-electron chi connectivity index (χ3n) is 2.78. The average molecular weight is 337 g/mol. The summed E-state index contributed by atoms with van der Waals surface area (Å²) in [6, 6.07) is 6.92. The van der Waals surface area contributed by atoms with Crippen molar-refractivity contribution in [2.45, 2.75) is 13.8 Å². The van der Waals surface area contributed by atoms with Gasteiger partial charge in [-0.3, -0.25) is 4.79 Å². The molecule has 3 N–H and O–H groups in total. The van der Waals surface area contributed by atoms with Crippen molar-refractivity contribution in [2.24, 2.45) is 0 Å². The summed E-state index contributed by atoms with van der Waals surface area (Å²) >= 11 is 3.33. The first-order valence-corrected chi connectivity index (χ1v) is 6.68. The van der Waals surface area contributed by atoms with Crippen LogP contribution in [0.4, 0.5) is 5.69 Å². The van der Waals surface area contributed by atoms with Gasteiger partial charge in [-0.1, -0.05) is 6.07 Å². The second kappa shape index (κ2) is 5.50. The first-order chi connectivity index (χ1) is 9.38. The molecule has 1 amide bonds. The van der Waals surface area contributed by atoms with Crippen molar-refractivity contribution in [3.63, 3.8) is 0 Å². The van der Waals surface area contributed by atoms with Crippen molar-refractivity contribution in [2.75, 3.05) is 5.32 Å². The molecule has 0 saturated heterocycles. The van der Waals surface area contributed by atoms with Crippen LogP contribution in [0.25, 0.3) is 0 Å². The molecule has 1 aromatic carbocycles. The molecule has 6 heteroatoms. The van der Waals surface area contributed by atoms with Crippen molar-refractivity contribution < 1.29 is 14.7 Å². The van der Waals surface area contributed by atoms with Crippen LogP contribution >= 0.6 is 15.9 Å². The predicted octanol–water partition coefficient (Wildman–Crippen LogP) is 3.34. The molecule has 0 aliphatic heterocycles. The molecule has 0 unspecified atom stereocenters. The van der Waals surface area contributed by atoms with E-state index in [0.717, 1.165) is 5.56 Å². The molecular weight excluding hydrogens is 324 g/mol. The number of nitrogens with one attached hydrogen (secondary N) is 2. The number of carbonyl (C=O) groups is 2. The Bertz CT molecular complexity index is 692. The predicted molar refractivity (Wildman–Crippen MR) is 79.3 cm³/mol. The SMILES string of the molecule is Cc1ccc(C(=O)Nc2cc(C)[nH]c2C(=O)O)c(Br)c1. The highest BCUT2D eigenvalue weighted by atomic mass is 79.9. The molecule has 0 fully saturated rings. The van der Waals surface area contributed by atoms with E-state index in [1.807, 2.05) is 19.1 Å². The lowest BCUT2D eigenvalue weighted by molar-refractivity contribution is 0.0692. The third kappa shape index (κ3) is 2.91. The van der Waals surface area contributed by atoms with Crippen molar-refractivity contribution in [1.29, 1.82) is 0 Å². The molecule has 104 valence electrons. The molecule has 2 rings (SSSR count). The standard InChI is InChI=1S/C14H13BrN2O3/c1-7-3-4-9(10(15)5-7)13(18)17-11-6-8(2)16-12(11)14(19)20/h3-6,16H,1-2H3,(H,17,18)(H,19,20). The Hall–Kier alpha value is -2.08. The van der Waals surface area contributed by atoms with Gasteiger partial charge in [0.25, 0.3) is 5.91 Å². The Balaban J connectivity index is 2.30. The Morgan fingerprint density at radius 3 is 2.55 bits per heavy atom. The minimum absolute atomic E-state index is 0.0286. The fourth-order valence-corrected chi connectivity index (χ4v) is 2.52. The van der Waals surface area contributed by atoms with Gasteiger partial charge in [0.1, 0.15) is 5.69 Å². The maximum atomic E-state index is 12.2. The van der Waals surface area contributed by atoms with E-state index in [0.29, 0.717) is 15.7 Å². The first-order valence-electron chi connectivity index (χ1n) is 5.89. The number of aromatic carboxylic acids is 1. The number of carboxylic acids is 1. The van der Waals surface area contributed by atoms with E-state index in [4.69, 9.17) is 5.11 Å². The molecule has 0 spiro atoms. The number of aromatic amines is 1. The zero-order valence-electron chi connectivity index (χ0n) is 11.0. The van der Waals surface area contributed by atoms with Crippen LogP contribution in [0.3, 0.4) is 0 Å². The number of hydrogen-bond acceptors (Lipinski definition) is 2. The number of hydrogen-bond donors (Lipinski definition) is 3. The van der Waals surface area contributed by atoms with Crippen LogP contribution < -0.4 is 5.32 Å². The number of halogens is 1. The number of H-pyrrole nitrogens is 1. The van der Waals surface area contributed by atoms with E-state index in [1.54, 1.807) is 19.1 Å². The lowest BCUT2D eigenvalue weighted by atomic mass is 10.1. The molecule has 5 nitrogen and oxygen atoms in total. The largest absolute Gasteiger partial charge is 0.477 e. The van der Waals surface area contributed by atoms with E-state index < -0.39 is 5.97 Å². The van der Waals surface area contributed by atoms with Crippen molar-refractivity contribution in [1.82, 2.24) is 4.98 Å². The Morgan fingerprint density at radius 1 is 1.25 bits per heavy atom. The Morgan fingerprint density at radius 2 is 1.95 bits per heavy atom. The van der Waals surface area contributed by atoms with Crippen LogP contribution in [0.15, 0.2) is 28.7 Å². The summed E-state index contributed by atoms with van der Waals surface area (Å²) in [5, 5.41) is 11.7. The van der Waals surface area contributed by atoms with Crippen LogP contribution in [0.5, 0.6) is 0 Å². The number of benzene rings is 1. The van der Waals surface area contributed by atoms with Gasteiger partial charge in [0.15, 0.2) is 0 Å². The van der Waals surface area contributed by atoms with Gasteiger partial charge in [-0.25, -0.2) is 4.79 Å². The van der Waals surface area contributed by atoms with Gasteiger partial charge in [-0.15, -0.1) is 0 Å². The topological polar surface area (TPSA) is 82.2 Å². The number of carbonyl (C=O) groups excluding carboxylic acids is 1. The second-order valence-corrected chi connectivity index (χ2v) is 5.34. The number of anilines is 1. The van der Waals surface area contributed by atoms with Gasteiger partial charge < -0.3 is 15.4 Å². The van der Waals surface area contributed by atoms with Gasteiger partial charge >= 0.3 is 5.97 Å². The molecule has 2 aromatic rings. The summed E-state index contributed by atoms with van der Waals surface area (Å²) in [4.78, 5) is 26.0. The highest BCUT2D eigenvalue weighted by molar-refractivity contribution is 9.10. The number of aromatic nitrogens is 1. The minimum atomic E-state index is -1.11. The van der Waals surface area contributed by atoms with Gasteiger partial charge in [0.2, 0.25) is 0 Å². The normalized spacial score (nSPS) is 10.3. The maximum Gasteiger partial charge on any atom is 0.354 e. The summed E-state index contributed by atoms with van der Waals surface area (Å²) in [6.45, 7) is 3.65. The fourth-order valence-electron chi connectivity index (χ4n) is 1.85. The van der Waals surface area contributed by atoms with E-state index in [2.05, 4.69) is 26.2 Å². The van der Waals surface area contributed by atoms with Gasteiger partial charge in [-0.05, 0) is 53.5 Å². The van der Waals surface area contributed by atoms with Crippen LogP contribution in [0, 0.1) is 13.8 Å². The Kier molecular flexibility index (Phi) is 3.94. The third-order valence-corrected chi connectivity index (χ3v) is 3.44. The molecule has 0 atom stereocenters. The molecule has 0 aliphatic rings. The van der Waals surface area contributed by atoms with Crippen molar-refractivity contribution >= 4 is 33.5 Å². The van der Waals surface area contributed by atoms with E-state index in [9.17, 15) is 9.59 Å². The fraction of sp³-hybridized carbons (Fsp3) is 0.143. The Labute approximate surface area is 124 Å². The molecule has 0 bridgehead atoms. The number of carboxylic acid groups (broad SMARTS) is 1. The molecule has 20 heavy (non-hydrogen) atoms. The quantitative estimate of drug-likeness (QED) is 0.803. The van der Waals surface area contributed by atoms with Gasteiger partial charge in [-0.2, -0.15) is 0 Å². The summed E-state index contributed by atoms with van der Waals surface area (Å²) in [6.07, 6.45) is 0. The lowest BCUT2D eigenvalue weighted by Gasteiger charge is -2.07. The van der Waals surface area contributed by atoms with E-state index in [-0.39, 0.29) is 17.3 Å². The van der Waals surface area contributed by atoms with Crippen LogP contribution in [-0.2, 0) is 0 Å². The first kappa shape index (κ1) is 14.3. The highest BCUT2D eigenvalue weighted by Crippen LogP contribution is 2.22. The van der Waals surface area contributed by atoms with Crippen molar-refractivity contribution in [3.05, 3.63) is 51.3 Å². The van der Waals surface area contributed by atoms with Crippen LogP contribution in [0.1, 0.15) is 32.1 Å². The zero-order valence-corrected chi connectivity index (χ0v) is 12.5. The average Bonchev–Trinajstić information content (AvgIpc) is 2.70. The summed E-state index contributed by atoms with van der Waals surface area (Å²) in [7, 11) is 0. The van der Waals surface area contributed by atoms with Crippen molar-refractivity contribution in [3.8, 4) is 0 Å². The molecule has 1 heterocycles. The summed E-state index contributed by atoms with van der Waals surface area (Å²) in [5.74, 6) is -1.48. The van der Waals surface area contributed by atoms with Crippen LogP contribution in [0.2, 0.25) is 0 Å². The zero-order chi connectivity index (χ0) is 14.9. The second-order valence-electron chi connectivity index (χ2n) is 4.48. The lowest BCUT2D eigenvalue weighted by Crippen LogP contribution is -2.14.